The number of ether oxygens (including phenoxy) is 1. The molecule has 0 aliphatic carbocycles. The lowest BCUT2D eigenvalue weighted by molar-refractivity contribution is 0.178. The fourth-order valence-electron chi connectivity index (χ4n) is 3.11. The van der Waals surface area contributed by atoms with E-state index in [1.165, 1.54) is 27.8 Å². The molecule has 0 spiro atoms. The molecule has 110 valence electrons. The molecular weight excluding hydrogens is 260 g/mol. The first-order valence-corrected chi connectivity index (χ1v) is 7.38. The van der Waals surface area contributed by atoms with Crippen LogP contribution in [0.15, 0.2) is 36.4 Å². The lowest BCUT2D eigenvalue weighted by Crippen LogP contribution is -2.39. The van der Waals surface area contributed by atoms with Crippen molar-refractivity contribution >= 4 is 0 Å². The summed E-state index contributed by atoms with van der Waals surface area (Å²) in [4.78, 5) is 0. The van der Waals surface area contributed by atoms with Gasteiger partial charge in [0.05, 0.1) is 6.04 Å². The highest BCUT2D eigenvalue weighted by Crippen LogP contribution is 2.35. The van der Waals surface area contributed by atoms with Gasteiger partial charge in [-0.3, -0.25) is 5.84 Å². The van der Waals surface area contributed by atoms with Crippen LogP contribution in [-0.4, -0.2) is 6.10 Å². The van der Waals surface area contributed by atoms with Crippen molar-refractivity contribution in [2.45, 2.75) is 39.3 Å². The smallest absolute Gasteiger partial charge is 0.124 e. The Morgan fingerprint density at radius 3 is 2.52 bits per heavy atom. The minimum Gasteiger partial charge on any atom is -0.488 e. The first-order valence-electron chi connectivity index (χ1n) is 7.38. The van der Waals surface area contributed by atoms with Crippen LogP contribution in [0, 0.1) is 20.8 Å². The van der Waals surface area contributed by atoms with Gasteiger partial charge in [0.1, 0.15) is 11.9 Å². The maximum Gasteiger partial charge on any atom is 0.124 e. The maximum absolute atomic E-state index is 6.10. The molecule has 1 heterocycles. The molecule has 2 atom stereocenters. The molecule has 0 fully saturated rings. The predicted molar refractivity (Wildman–Crippen MR) is 85.3 cm³/mol. The Hall–Kier alpha value is -1.84. The quantitative estimate of drug-likeness (QED) is 0.671. The molecule has 1 aliphatic heterocycles. The third-order valence-electron chi connectivity index (χ3n) is 4.44. The monoisotopic (exact) mass is 282 g/mol. The third kappa shape index (κ3) is 2.55. The van der Waals surface area contributed by atoms with Crippen molar-refractivity contribution in [1.29, 1.82) is 0 Å². The van der Waals surface area contributed by atoms with Gasteiger partial charge in [0.15, 0.2) is 0 Å². The molecule has 0 saturated heterocycles. The third-order valence-corrected chi connectivity index (χ3v) is 4.44. The number of rotatable bonds is 3. The van der Waals surface area contributed by atoms with E-state index in [9.17, 15) is 0 Å². The molecule has 0 aromatic heterocycles. The van der Waals surface area contributed by atoms with E-state index in [0.29, 0.717) is 0 Å². The number of benzene rings is 2. The molecule has 0 bridgehead atoms. The normalized spacial score (nSPS) is 18.2. The van der Waals surface area contributed by atoms with Crippen LogP contribution in [0.2, 0.25) is 0 Å². The molecule has 0 amide bonds. The molecule has 3 N–H and O–H groups in total. The van der Waals surface area contributed by atoms with Crippen molar-refractivity contribution in [3.63, 3.8) is 0 Å². The van der Waals surface area contributed by atoms with Crippen molar-refractivity contribution in [2.24, 2.45) is 5.84 Å². The fraction of sp³-hybridized carbons (Fsp3) is 0.333. The van der Waals surface area contributed by atoms with E-state index in [1.807, 2.05) is 12.1 Å². The van der Waals surface area contributed by atoms with E-state index >= 15 is 0 Å². The number of aryl methyl sites for hydroxylation is 3. The van der Waals surface area contributed by atoms with Crippen LogP contribution in [0.25, 0.3) is 0 Å². The fourth-order valence-corrected chi connectivity index (χ4v) is 3.11. The minimum absolute atomic E-state index is 0.00306. The Morgan fingerprint density at radius 2 is 1.81 bits per heavy atom. The highest BCUT2D eigenvalue weighted by atomic mass is 16.5. The molecule has 2 aromatic carbocycles. The topological polar surface area (TPSA) is 47.3 Å². The molecule has 2 aromatic rings. The molecule has 2 unspecified atom stereocenters. The number of hydrogen-bond acceptors (Lipinski definition) is 3. The van der Waals surface area contributed by atoms with Gasteiger partial charge in [-0.25, -0.2) is 5.43 Å². The van der Waals surface area contributed by atoms with Crippen LogP contribution in [0.3, 0.4) is 0 Å². The van der Waals surface area contributed by atoms with E-state index in [-0.39, 0.29) is 12.1 Å². The van der Waals surface area contributed by atoms with E-state index in [4.69, 9.17) is 10.6 Å². The summed E-state index contributed by atoms with van der Waals surface area (Å²) in [5.41, 5.74) is 9.27. The molecule has 1 aliphatic rings. The Kier molecular flexibility index (Phi) is 3.70. The van der Waals surface area contributed by atoms with Gasteiger partial charge < -0.3 is 4.74 Å². The van der Waals surface area contributed by atoms with Crippen molar-refractivity contribution in [2.75, 3.05) is 0 Å². The number of nitrogens with two attached hydrogens (primary N) is 1. The van der Waals surface area contributed by atoms with Gasteiger partial charge in [-0.2, -0.15) is 0 Å². The van der Waals surface area contributed by atoms with Crippen molar-refractivity contribution in [3.8, 4) is 5.75 Å². The molecule has 3 heteroatoms. The first kappa shape index (κ1) is 14.1. The zero-order chi connectivity index (χ0) is 15.0. The second kappa shape index (κ2) is 5.51. The minimum atomic E-state index is -0.00306. The second-order valence-electron chi connectivity index (χ2n) is 5.91. The van der Waals surface area contributed by atoms with Gasteiger partial charge in [-0.05, 0) is 54.7 Å². The van der Waals surface area contributed by atoms with Crippen LogP contribution in [0.1, 0.15) is 33.9 Å². The standard InChI is InChI=1S/C18H22N2O/c1-11-8-13(3)15(9-12(11)2)18(20-19)17-10-14-6-4-5-7-16(14)21-17/h4-9,17-18,20H,10,19H2,1-3H3. The highest BCUT2D eigenvalue weighted by Gasteiger charge is 2.31. The van der Waals surface area contributed by atoms with Crippen LogP contribution < -0.4 is 16.0 Å². The summed E-state index contributed by atoms with van der Waals surface area (Å²) in [5, 5.41) is 0. The van der Waals surface area contributed by atoms with E-state index in [0.717, 1.165) is 12.2 Å². The number of nitrogens with one attached hydrogen (secondary N) is 1. The van der Waals surface area contributed by atoms with Gasteiger partial charge in [0.25, 0.3) is 0 Å². The van der Waals surface area contributed by atoms with Gasteiger partial charge in [-0.1, -0.05) is 30.3 Å². The van der Waals surface area contributed by atoms with E-state index in [2.05, 4.69) is 50.5 Å². The summed E-state index contributed by atoms with van der Waals surface area (Å²) in [7, 11) is 0. The summed E-state index contributed by atoms with van der Waals surface area (Å²) in [5.74, 6) is 6.82. The van der Waals surface area contributed by atoms with Gasteiger partial charge >= 0.3 is 0 Å². The molecule has 0 radical (unpaired) electrons. The largest absolute Gasteiger partial charge is 0.488 e. The van der Waals surface area contributed by atoms with Crippen LogP contribution >= 0.6 is 0 Å². The number of hydrazine groups is 1. The average Bonchev–Trinajstić information content (AvgIpc) is 2.88. The second-order valence-corrected chi connectivity index (χ2v) is 5.91. The Morgan fingerprint density at radius 1 is 1.10 bits per heavy atom. The first-order chi connectivity index (χ1) is 10.1. The molecule has 21 heavy (non-hydrogen) atoms. The summed E-state index contributed by atoms with van der Waals surface area (Å²) >= 11 is 0. The van der Waals surface area contributed by atoms with Gasteiger partial charge in [-0.15, -0.1) is 0 Å². The van der Waals surface area contributed by atoms with Crippen LogP contribution in [0.5, 0.6) is 5.75 Å². The highest BCUT2D eigenvalue weighted by molar-refractivity contribution is 5.42. The lowest BCUT2D eigenvalue weighted by Gasteiger charge is -2.25. The SMILES string of the molecule is Cc1cc(C)c(C(NN)C2Cc3ccccc3O2)cc1C. The summed E-state index contributed by atoms with van der Waals surface area (Å²) in [6.07, 6.45) is 0.922. The van der Waals surface area contributed by atoms with E-state index in [1.54, 1.807) is 0 Å². The number of hydrogen-bond donors (Lipinski definition) is 2. The summed E-state index contributed by atoms with van der Waals surface area (Å²) in [6.45, 7) is 6.41. The predicted octanol–water partition coefficient (Wildman–Crippen LogP) is 3.12. The van der Waals surface area contributed by atoms with Crippen LogP contribution in [-0.2, 0) is 6.42 Å². The molecule has 0 saturated carbocycles. The van der Waals surface area contributed by atoms with Gasteiger partial charge in [0.2, 0.25) is 0 Å². The Bertz CT molecular complexity index is 641. The average molecular weight is 282 g/mol. The van der Waals surface area contributed by atoms with Crippen molar-refractivity contribution in [1.82, 2.24) is 5.43 Å². The number of fused-ring (bicyclic) bond motifs is 1. The van der Waals surface area contributed by atoms with Crippen LogP contribution in [0.4, 0.5) is 0 Å². The zero-order valence-electron chi connectivity index (χ0n) is 12.8. The number of para-hydroxylation sites is 1. The summed E-state index contributed by atoms with van der Waals surface area (Å²) in [6, 6.07) is 12.6. The van der Waals surface area contributed by atoms with Crippen molar-refractivity contribution < 1.29 is 4.74 Å². The lowest BCUT2D eigenvalue weighted by atomic mass is 9.91. The molecular formula is C18H22N2O. The molecule has 3 nitrogen and oxygen atoms in total. The molecule has 3 rings (SSSR count). The van der Waals surface area contributed by atoms with Gasteiger partial charge in [0, 0.05) is 6.42 Å². The van der Waals surface area contributed by atoms with Crippen molar-refractivity contribution in [3.05, 3.63) is 64.2 Å². The zero-order valence-corrected chi connectivity index (χ0v) is 12.8. The summed E-state index contributed by atoms with van der Waals surface area (Å²) < 4.78 is 6.10. The Balaban J connectivity index is 1.92. The maximum atomic E-state index is 6.10. The Labute approximate surface area is 126 Å². The van der Waals surface area contributed by atoms with E-state index < -0.39 is 0 Å².